The summed E-state index contributed by atoms with van der Waals surface area (Å²) in [6, 6.07) is 8.05. The molecular formula is C22H25N5O3S. The fraction of sp³-hybridized carbons (Fsp3) is 0.364. The second-order valence-corrected chi connectivity index (χ2v) is 8.82. The molecule has 1 unspecified atom stereocenters. The maximum absolute atomic E-state index is 13.4. The Bertz CT molecular complexity index is 1140. The van der Waals surface area contributed by atoms with E-state index in [1.165, 1.54) is 11.3 Å². The highest BCUT2D eigenvalue weighted by Crippen LogP contribution is 2.32. The molecular weight excluding hydrogens is 414 g/mol. The van der Waals surface area contributed by atoms with Crippen molar-refractivity contribution < 1.29 is 14.3 Å². The van der Waals surface area contributed by atoms with Crippen LogP contribution in [-0.2, 0) is 11.8 Å². The minimum atomic E-state index is -0.541. The highest BCUT2D eigenvalue weighted by atomic mass is 32.1. The van der Waals surface area contributed by atoms with Crippen molar-refractivity contribution in [1.82, 2.24) is 25.0 Å². The first-order chi connectivity index (χ1) is 14.8. The lowest BCUT2D eigenvalue weighted by molar-refractivity contribution is 0.0276. The third-order valence-corrected chi connectivity index (χ3v) is 6.18. The van der Waals surface area contributed by atoms with Crippen LogP contribution in [0.2, 0.25) is 0 Å². The summed E-state index contributed by atoms with van der Waals surface area (Å²) >= 11 is 1.51. The van der Waals surface area contributed by atoms with Gasteiger partial charge in [0.15, 0.2) is 0 Å². The van der Waals surface area contributed by atoms with Crippen LogP contribution in [-0.4, -0.2) is 57.4 Å². The zero-order valence-electron chi connectivity index (χ0n) is 18.0. The van der Waals surface area contributed by atoms with Crippen molar-refractivity contribution in [1.29, 1.82) is 0 Å². The van der Waals surface area contributed by atoms with Crippen molar-refractivity contribution in [2.45, 2.75) is 27.0 Å². The molecule has 1 aliphatic heterocycles. The van der Waals surface area contributed by atoms with Gasteiger partial charge >= 0.3 is 0 Å². The number of thiazole rings is 1. The summed E-state index contributed by atoms with van der Waals surface area (Å²) in [5.74, 6) is -0.423. The van der Waals surface area contributed by atoms with E-state index >= 15 is 0 Å². The third-order valence-electron chi connectivity index (χ3n) is 5.16. The van der Waals surface area contributed by atoms with E-state index in [0.29, 0.717) is 30.1 Å². The minimum Gasteiger partial charge on any atom is -0.355 e. The smallest absolute Gasteiger partial charge is 0.276 e. The molecule has 1 N–H and O–H groups in total. The number of hydrogen-bond donors (Lipinski definition) is 1. The number of rotatable bonds is 5. The first-order valence-electron chi connectivity index (χ1n) is 10.1. The van der Waals surface area contributed by atoms with E-state index in [2.05, 4.69) is 21.5 Å². The average Bonchev–Trinajstić information content (AvgIpc) is 3.44. The molecule has 8 nitrogen and oxygen atoms in total. The Morgan fingerprint density at radius 2 is 2.10 bits per heavy atom. The zero-order chi connectivity index (χ0) is 22.1. The van der Waals surface area contributed by atoms with Crippen molar-refractivity contribution in [2.24, 2.45) is 7.05 Å². The summed E-state index contributed by atoms with van der Waals surface area (Å²) in [5.41, 5.74) is 3.69. The summed E-state index contributed by atoms with van der Waals surface area (Å²) in [6.07, 6.45) is 1.13. The van der Waals surface area contributed by atoms with E-state index in [4.69, 9.17) is 4.74 Å². The Labute approximate surface area is 184 Å². The number of nitrogens with zero attached hydrogens (tertiary/aromatic N) is 4. The first kappa shape index (κ1) is 21.2. The molecule has 3 heterocycles. The zero-order valence-corrected chi connectivity index (χ0v) is 18.8. The number of amides is 2. The quantitative estimate of drug-likeness (QED) is 0.660. The number of nitrogens with one attached hydrogen (secondary N) is 1. The van der Waals surface area contributed by atoms with Crippen molar-refractivity contribution >= 4 is 23.2 Å². The monoisotopic (exact) mass is 439 g/mol. The lowest BCUT2D eigenvalue weighted by Gasteiger charge is -2.23. The van der Waals surface area contributed by atoms with Crippen molar-refractivity contribution in [3.8, 4) is 10.4 Å². The van der Waals surface area contributed by atoms with E-state index in [-0.39, 0.29) is 18.4 Å². The molecule has 2 aromatic heterocycles. The van der Waals surface area contributed by atoms with Crippen LogP contribution >= 0.6 is 11.3 Å². The Kier molecular flexibility index (Phi) is 5.88. The molecule has 1 fully saturated rings. The van der Waals surface area contributed by atoms with Crippen LogP contribution < -0.4 is 5.32 Å². The van der Waals surface area contributed by atoms with Crippen LogP contribution in [0.25, 0.3) is 10.4 Å². The van der Waals surface area contributed by atoms with Gasteiger partial charge in [-0.15, -0.1) is 11.3 Å². The Balaban J connectivity index is 1.51. The van der Waals surface area contributed by atoms with Gasteiger partial charge in [-0.05, 0) is 26.3 Å². The van der Waals surface area contributed by atoms with Crippen LogP contribution in [0.15, 0.2) is 30.5 Å². The fourth-order valence-corrected chi connectivity index (χ4v) is 4.62. The highest BCUT2D eigenvalue weighted by Gasteiger charge is 2.33. The lowest BCUT2D eigenvalue weighted by Crippen LogP contribution is -2.44. The third kappa shape index (κ3) is 4.38. The van der Waals surface area contributed by atoms with Crippen LogP contribution in [0.3, 0.4) is 0 Å². The molecule has 0 aliphatic carbocycles. The number of aromatic nitrogens is 3. The summed E-state index contributed by atoms with van der Waals surface area (Å²) < 4.78 is 7.35. The molecule has 0 saturated carbocycles. The maximum Gasteiger partial charge on any atom is 0.276 e. The van der Waals surface area contributed by atoms with Gasteiger partial charge in [-0.2, -0.15) is 5.10 Å². The molecule has 3 aromatic rings. The average molecular weight is 440 g/mol. The first-order valence-corrected chi connectivity index (χ1v) is 10.9. The molecule has 2 amide bonds. The van der Waals surface area contributed by atoms with Gasteiger partial charge in [-0.25, -0.2) is 4.98 Å². The predicted molar refractivity (Wildman–Crippen MR) is 118 cm³/mol. The molecule has 0 radical (unpaired) electrons. The standard InChI is InChI=1S/C22H25N5O3S/c1-13-6-5-7-16(10-13)20-19(24-15(3)31-20)22(29)27-8-9-30-18(27)11-23-21(28)17-12-26(4)25-14(17)2/h5-7,10,12,18H,8-9,11H2,1-4H3,(H,23,28). The van der Waals surface area contributed by atoms with Crippen LogP contribution in [0.1, 0.15) is 37.1 Å². The summed E-state index contributed by atoms with van der Waals surface area (Å²) in [4.78, 5) is 32.9. The summed E-state index contributed by atoms with van der Waals surface area (Å²) in [6.45, 7) is 6.78. The molecule has 0 spiro atoms. The Hall–Kier alpha value is -3.04. The van der Waals surface area contributed by atoms with Gasteiger partial charge in [0.1, 0.15) is 11.9 Å². The Morgan fingerprint density at radius 3 is 2.81 bits per heavy atom. The normalized spacial score (nSPS) is 16.0. The number of carbonyl (C=O) groups is 2. The predicted octanol–water partition coefficient (Wildman–Crippen LogP) is 2.70. The van der Waals surface area contributed by atoms with E-state index in [1.54, 1.807) is 29.7 Å². The SMILES string of the molecule is Cc1cccc(-c2sc(C)nc2C(=O)N2CCOC2CNC(=O)c2cn(C)nc2C)c1. The lowest BCUT2D eigenvalue weighted by atomic mass is 10.1. The molecule has 4 rings (SSSR count). The van der Waals surface area contributed by atoms with Crippen molar-refractivity contribution in [3.05, 3.63) is 58.0 Å². The summed E-state index contributed by atoms with van der Waals surface area (Å²) in [7, 11) is 1.77. The Morgan fingerprint density at radius 1 is 1.29 bits per heavy atom. The molecule has 1 aliphatic rings. The van der Waals surface area contributed by atoms with E-state index in [0.717, 1.165) is 21.0 Å². The van der Waals surface area contributed by atoms with Crippen LogP contribution in [0, 0.1) is 20.8 Å². The van der Waals surface area contributed by atoms with Crippen molar-refractivity contribution in [2.75, 3.05) is 19.7 Å². The van der Waals surface area contributed by atoms with E-state index in [9.17, 15) is 9.59 Å². The molecule has 0 bridgehead atoms. The highest BCUT2D eigenvalue weighted by molar-refractivity contribution is 7.15. The second-order valence-electron chi connectivity index (χ2n) is 7.62. The topological polar surface area (TPSA) is 89.4 Å². The molecule has 31 heavy (non-hydrogen) atoms. The van der Waals surface area contributed by atoms with E-state index in [1.807, 2.05) is 32.0 Å². The van der Waals surface area contributed by atoms with Crippen molar-refractivity contribution in [3.63, 3.8) is 0 Å². The number of carbonyl (C=O) groups excluding carboxylic acids is 2. The fourth-order valence-electron chi connectivity index (χ4n) is 3.71. The van der Waals surface area contributed by atoms with Gasteiger partial charge in [0.05, 0.1) is 34.3 Å². The second kappa shape index (κ2) is 8.60. The van der Waals surface area contributed by atoms with Gasteiger partial charge in [0.25, 0.3) is 11.8 Å². The van der Waals surface area contributed by atoms with Gasteiger partial charge < -0.3 is 15.0 Å². The molecule has 1 aromatic carbocycles. The maximum atomic E-state index is 13.4. The summed E-state index contributed by atoms with van der Waals surface area (Å²) in [5, 5.41) is 7.89. The molecule has 162 valence electrons. The molecule has 9 heteroatoms. The van der Waals surface area contributed by atoms with Gasteiger partial charge in [0, 0.05) is 19.8 Å². The number of aryl methyl sites for hydroxylation is 4. The molecule has 1 saturated heterocycles. The number of benzene rings is 1. The number of ether oxygens (including phenoxy) is 1. The largest absolute Gasteiger partial charge is 0.355 e. The number of hydrogen-bond acceptors (Lipinski definition) is 6. The minimum absolute atomic E-state index is 0.185. The van der Waals surface area contributed by atoms with E-state index < -0.39 is 6.23 Å². The van der Waals surface area contributed by atoms with Gasteiger partial charge in [-0.1, -0.05) is 29.8 Å². The molecule has 1 atom stereocenters. The van der Waals surface area contributed by atoms with Gasteiger partial charge in [-0.3, -0.25) is 14.3 Å². The van der Waals surface area contributed by atoms with Crippen LogP contribution in [0.4, 0.5) is 0 Å². The van der Waals surface area contributed by atoms with Gasteiger partial charge in [0.2, 0.25) is 0 Å². The van der Waals surface area contributed by atoms with Crippen LogP contribution in [0.5, 0.6) is 0 Å².